The van der Waals surface area contributed by atoms with E-state index in [0.29, 0.717) is 12.2 Å². The lowest BCUT2D eigenvalue weighted by Crippen LogP contribution is -2.45. The lowest BCUT2D eigenvalue weighted by Gasteiger charge is -2.38. The van der Waals surface area contributed by atoms with E-state index in [-0.39, 0.29) is 17.6 Å². The van der Waals surface area contributed by atoms with Crippen molar-refractivity contribution >= 4 is 5.91 Å². The molecule has 0 radical (unpaired) electrons. The monoisotopic (exact) mass is 353 g/mol. The van der Waals surface area contributed by atoms with Gasteiger partial charge in [-0.2, -0.15) is 0 Å². The second-order valence-electron chi connectivity index (χ2n) is 7.50. The van der Waals surface area contributed by atoms with Crippen molar-refractivity contribution in [1.82, 2.24) is 5.32 Å². The zero-order chi connectivity index (χ0) is 18.7. The number of hydrogen-bond acceptors (Lipinski definition) is 3. The molecule has 0 bridgehead atoms. The first kappa shape index (κ1) is 18.3. The molecule has 2 atom stereocenters. The molecular formula is C22H27NO3. The van der Waals surface area contributed by atoms with Gasteiger partial charge in [-0.1, -0.05) is 42.8 Å². The molecule has 0 aromatic heterocycles. The summed E-state index contributed by atoms with van der Waals surface area (Å²) in [4.78, 5) is 12.9. The maximum atomic E-state index is 12.9. The maximum Gasteiger partial charge on any atom is 0.261 e. The second kappa shape index (κ2) is 7.40. The fraction of sp³-hybridized carbons (Fsp3) is 0.409. The first-order valence-electron chi connectivity index (χ1n) is 9.19. The van der Waals surface area contributed by atoms with Crippen LogP contribution in [-0.4, -0.2) is 17.6 Å². The van der Waals surface area contributed by atoms with E-state index in [1.165, 1.54) is 0 Å². The number of para-hydroxylation sites is 1. The molecule has 1 aliphatic rings. The highest BCUT2D eigenvalue weighted by Gasteiger charge is 2.35. The molecule has 4 heteroatoms. The van der Waals surface area contributed by atoms with Crippen LogP contribution in [0.25, 0.3) is 0 Å². The topological polar surface area (TPSA) is 47.6 Å². The average Bonchev–Trinajstić information content (AvgIpc) is 2.60. The molecule has 0 saturated heterocycles. The molecule has 0 unspecified atom stereocenters. The summed E-state index contributed by atoms with van der Waals surface area (Å²) in [6, 6.07) is 15.5. The summed E-state index contributed by atoms with van der Waals surface area (Å²) < 4.78 is 12.0. The summed E-state index contributed by atoms with van der Waals surface area (Å²) in [6.45, 7) is 8.10. The van der Waals surface area contributed by atoms with Gasteiger partial charge in [-0.05, 0) is 45.4 Å². The van der Waals surface area contributed by atoms with E-state index < -0.39 is 6.10 Å². The molecule has 26 heavy (non-hydrogen) atoms. The van der Waals surface area contributed by atoms with Crippen molar-refractivity contribution in [3.8, 4) is 11.5 Å². The molecule has 0 saturated carbocycles. The molecule has 138 valence electrons. The van der Waals surface area contributed by atoms with Crippen molar-refractivity contribution in [2.24, 2.45) is 0 Å². The number of aryl methyl sites for hydroxylation is 1. The van der Waals surface area contributed by atoms with Crippen LogP contribution in [0.3, 0.4) is 0 Å². The molecule has 3 rings (SSSR count). The van der Waals surface area contributed by atoms with E-state index in [4.69, 9.17) is 9.47 Å². The molecule has 0 fully saturated rings. The van der Waals surface area contributed by atoms with Gasteiger partial charge in [0, 0.05) is 12.0 Å². The van der Waals surface area contributed by atoms with E-state index >= 15 is 0 Å². The number of ether oxygens (including phenoxy) is 2. The largest absolute Gasteiger partial charge is 0.487 e. The van der Waals surface area contributed by atoms with Crippen LogP contribution in [0, 0.1) is 6.92 Å². The highest BCUT2D eigenvalue weighted by atomic mass is 16.5. The Kier molecular flexibility index (Phi) is 5.21. The van der Waals surface area contributed by atoms with E-state index in [1.54, 1.807) is 0 Å². The number of fused-ring (bicyclic) bond motifs is 1. The van der Waals surface area contributed by atoms with Gasteiger partial charge in [0.2, 0.25) is 0 Å². The highest BCUT2D eigenvalue weighted by Crippen LogP contribution is 2.39. The molecule has 0 aliphatic carbocycles. The number of amides is 1. The number of hydrogen-bond donors (Lipinski definition) is 1. The van der Waals surface area contributed by atoms with Crippen LogP contribution < -0.4 is 14.8 Å². The third-order valence-corrected chi connectivity index (χ3v) is 4.62. The molecule has 1 heterocycles. The Hall–Kier alpha value is -2.49. The third kappa shape index (κ3) is 4.18. The van der Waals surface area contributed by atoms with Crippen molar-refractivity contribution in [3.63, 3.8) is 0 Å². The second-order valence-corrected chi connectivity index (χ2v) is 7.50. The van der Waals surface area contributed by atoms with Crippen LogP contribution in [0.1, 0.15) is 50.8 Å². The van der Waals surface area contributed by atoms with Gasteiger partial charge >= 0.3 is 0 Å². The van der Waals surface area contributed by atoms with Crippen LogP contribution in [-0.2, 0) is 4.79 Å². The van der Waals surface area contributed by atoms with Gasteiger partial charge < -0.3 is 14.8 Å². The zero-order valence-electron chi connectivity index (χ0n) is 15.9. The predicted octanol–water partition coefficient (Wildman–Crippen LogP) is 4.57. The summed E-state index contributed by atoms with van der Waals surface area (Å²) in [6.07, 6.45) is 0.807. The van der Waals surface area contributed by atoms with Gasteiger partial charge in [-0.15, -0.1) is 0 Å². The number of carbonyl (C=O) groups excluding carboxylic acids is 1. The Balaban J connectivity index is 1.78. The Morgan fingerprint density at radius 2 is 2.00 bits per heavy atom. The Labute approximate surface area is 155 Å². The molecule has 2 aromatic rings. The number of carbonyl (C=O) groups is 1. The van der Waals surface area contributed by atoms with Crippen LogP contribution in [0.4, 0.5) is 0 Å². The van der Waals surface area contributed by atoms with Crippen LogP contribution in [0.15, 0.2) is 48.5 Å². The molecule has 1 N–H and O–H groups in total. The Morgan fingerprint density at radius 1 is 1.27 bits per heavy atom. The average molecular weight is 353 g/mol. The van der Waals surface area contributed by atoms with Crippen molar-refractivity contribution in [2.75, 3.05) is 0 Å². The maximum absolute atomic E-state index is 12.9. The quantitative estimate of drug-likeness (QED) is 0.856. The van der Waals surface area contributed by atoms with Crippen molar-refractivity contribution in [1.29, 1.82) is 0 Å². The van der Waals surface area contributed by atoms with E-state index in [2.05, 4.69) is 11.4 Å². The van der Waals surface area contributed by atoms with Crippen molar-refractivity contribution in [3.05, 3.63) is 59.7 Å². The molecule has 2 aromatic carbocycles. The first-order chi connectivity index (χ1) is 12.4. The summed E-state index contributed by atoms with van der Waals surface area (Å²) in [5.74, 6) is 1.46. The van der Waals surface area contributed by atoms with Crippen molar-refractivity contribution in [2.45, 2.75) is 58.3 Å². The van der Waals surface area contributed by atoms with Gasteiger partial charge in [0.15, 0.2) is 6.10 Å². The smallest absolute Gasteiger partial charge is 0.261 e. The van der Waals surface area contributed by atoms with Gasteiger partial charge in [0.05, 0.1) is 6.04 Å². The molecule has 4 nitrogen and oxygen atoms in total. The van der Waals surface area contributed by atoms with Crippen molar-refractivity contribution < 1.29 is 14.3 Å². The van der Waals surface area contributed by atoms with Crippen LogP contribution in [0.5, 0.6) is 11.5 Å². The molecule has 1 amide bonds. The first-order valence-corrected chi connectivity index (χ1v) is 9.19. The van der Waals surface area contributed by atoms with E-state index in [0.717, 1.165) is 23.3 Å². The normalized spacial score (nSPS) is 19.0. The molecule has 1 aliphatic heterocycles. The van der Waals surface area contributed by atoms with Gasteiger partial charge in [0.1, 0.15) is 17.1 Å². The van der Waals surface area contributed by atoms with E-state index in [1.807, 2.05) is 70.2 Å². The highest BCUT2D eigenvalue weighted by molar-refractivity contribution is 5.81. The third-order valence-electron chi connectivity index (χ3n) is 4.62. The zero-order valence-corrected chi connectivity index (χ0v) is 15.9. The number of rotatable bonds is 5. The lowest BCUT2D eigenvalue weighted by atomic mass is 9.88. The SMILES string of the molecule is CC[C@@H](Oc1ccccc1)C(=O)N[C@H]1CC(C)(C)Oc2ccc(C)cc21. The summed E-state index contributed by atoms with van der Waals surface area (Å²) in [5, 5.41) is 3.19. The lowest BCUT2D eigenvalue weighted by molar-refractivity contribution is -0.129. The fourth-order valence-corrected chi connectivity index (χ4v) is 3.35. The fourth-order valence-electron chi connectivity index (χ4n) is 3.35. The predicted molar refractivity (Wildman–Crippen MR) is 103 cm³/mol. The minimum Gasteiger partial charge on any atom is -0.487 e. The Bertz CT molecular complexity index is 770. The minimum atomic E-state index is -0.517. The summed E-state index contributed by atoms with van der Waals surface area (Å²) in [5.41, 5.74) is 1.86. The standard InChI is InChI=1S/C22H27NO3/c1-5-19(25-16-9-7-6-8-10-16)21(24)23-18-14-22(3,4)26-20-12-11-15(2)13-17(18)20/h6-13,18-19H,5,14H2,1-4H3,(H,23,24)/t18-,19+/m0/s1. The van der Waals surface area contributed by atoms with Crippen LogP contribution in [0.2, 0.25) is 0 Å². The molecular weight excluding hydrogens is 326 g/mol. The van der Waals surface area contributed by atoms with Crippen LogP contribution >= 0.6 is 0 Å². The summed E-state index contributed by atoms with van der Waals surface area (Å²) >= 11 is 0. The number of nitrogens with one attached hydrogen (secondary N) is 1. The van der Waals surface area contributed by atoms with Gasteiger partial charge in [-0.3, -0.25) is 4.79 Å². The number of benzene rings is 2. The minimum absolute atomic E-state index is 0.0884. The van der Waals surface area contributed by atoms with Gasteiger partial charge in [0.25, 0.3) is 5.91 Å². The summed E-state index contributed by atoms with van der Waals surface area (Å²) in [7, 11) is 0. The Morgan fingerprint density at radius 3 is 2.69 bits per heavy atom. The molecule has 0 spiro atoms. The van der Waals surface area contributed by atoms with Gasteiger partial charge in [-0.25, -0.2) is 0 Å². The van der Waals surface area contributed by atoms with E-state index in [9.17, 15) is 4.79 Å².